The molecule has 1 nitrogen and oxygen atoms in total. The maximum Gasteiger partial charge on any atom is 1.00 e. The fourth-order valence-corrected chi connectivity index (χ4v) is 3.06. The Morgan fingerprint density at radius 1 is 1.19 bits per heavy atom. The van der Waals surface area contributed by atoms with Crippen LogP contribution in [-0.4, -0.2) is 13.1 Å². The van der Waals surface area contributed by atoms with Crippen LogP contribution >= 0.6 is 0 Å². The van der Waals surface area contributed by atoms with Crippen molar-refractivity contribution in [3.05, 3.63) is 23.8 Å². The number of aryl methyl sites for hydroxylation is 1. The smallest absolute Gasteiger partial charge is 0.490 e. The van der Waals surface area contributed by atoms with Crippen molar-refractivity contribution < 1.29 is 69.1 Å². The number of hydrogen-bond acceptors (Lipinski definition) is 1. The van der Waals surface area contributed by atoms with Gasteiger partial charge in [0.15, 0.2) is 0 Å². The molecule has 2 atom stereocenters. The third-order valence-corrected chi connectivity index (χ3v) is 4.25. The minimum Gasteiger partial charge on any atom is -0.490 e. The standard InChI is InChI=1S/C15H21BF3O.K/c1-3-12-6-4-5-7-15(12)20-13-8-9-14(11(2)10-13)16(17,18)19;/h8-10,12,15H,3-7H2,1-2H3;/q-1;+1. The minimum absolute atomic E-state index is 0. The van der Waals surface area contributed by atoms with Gasteiger partial charge < -0.3 is 17.7 Å². The zero-order valence-corrected chi connectivity index (χ0v) is 16.2. The molecule has 0 bridgehead atoms. The first-order valence-corrected chi connectivity index (χ1v) is 7.39. The predicted octanol–water partition coefficient (Wildman–Crippen LogP) is 1.40. The summed E-state index contributed by atoms with van der Waals surface area (Å²) < 4.78 is 44.3. The molecule has 0 N–H and O–H groups in total. The molecule has 112 valence electrons. The monoisotopic (exact) mass is 324 g/mol. The Balaban J connectivity index is 0.00000220. The van der Waals surface area contributed by atoms with Crippen LogP contribution < -0.4 is 61.6 Å². The Labute approximate surface area is 167 Å². The summed E-state index contributed by atoms with van der Waals surface area (Å²) in [6, 6.07) is 4.12. The van der Waals surface area contributed by atoms with E-state index in [4.69, 9.17) is 4.74 Å². The largest absolute Gasteiger partial charge is 1.00 e. The first-order chi connectivity index (χ1) is 9.41. The Morgan fingerprint density at radius 3 is 2.43 bits per heavy atom. The molecule has 0 aliphatic heterocycles. The predicted molar refractivity (Wildman–Crippen MR) is 76.6 cm³/mol. The SMILES string of the molecule is CCC1CCCCC1Oc1ccc([B-](F)(F)F)c(C)c1.[K+]. The number of hydrogen-bond donors (Lipinski definition) is 0. The van der Waals surface area contributed by atoms with Gasteiger partial charge in [-0.25, -0.2) is 0 Å². The van der Waals surface area contributed by atoms with Crippen LogP contribution in [0.3, 0.4) is 0 Å². The average molecular weight is 324 g/mol. The van der Waals surface area contributed by atoms with Crippen molar-refractivity contribution in [2.75, 3.05) is 0 Å². The van der Waals surface area contributed by atoms with Crippen LogP contribution in [0.2, 0.25) is 0 Å². The molecule has 1 aromatic rings. The summed E-state index contributed by atoms with van der Waals surface area (Å²) in [5, 5.41) is 0. The third-order valence-electron chi connectivity index (χ3n) is 4.25. The van der Waals surface area contributed by atoms with Gasteiger partial charge in [-0.05, 0) is 50.7 Å². The average Bonchev–Trinajstić information content (AvgIpc) is 2.38. The van der Waals surface area contributed by atoms with Gasteiger partial charge in [0.05, 0.1) is 0 Å². The summed E-state index contributed by atoms with van der Waals surface area (Å²) in [4.78, 5) is 0. The van der Waals surface area contributed by atoms with E-state index in [0.29, 0.717) is 11.7 Å². The maximum absolute atomic E-state index is 12.8. The summed E-state index contributed by atoms with van der Waals surface area (Å²) in [6.07, 6.45) is 5.74. The zero-order valence-electron chi connectivity index (χ0n) is 13.0. The number of ether oxygens (including phenoxy) is 1. The molecular formula is C15H21BF3KO. The van der Waals surface area contributed by atoms with Gasteiger partial charge in [0.25, 0.3) is 0 Å². The fourth-order valence-electron chi connectivity index (χ4n) is 3.06. The first kappa shape index (κ1) is 19.6. The van der Waals surface area contributed by atoms with Gasteiger partial charge in [-0.3, -0.25) is 0 Å². The molecule has 0 saturated heterocycles. The van der Waals surface area contributed by atoms with Gasteiger partial charge in [-0.1, -0.05) is 25.0 Å². The number of rotatable bonds is 4. The maximum atomic E-state index is 12.8. The Hall–Kier alpha value is 0.511. The van der Waals surface area contributed by atoms with E-state index in [-0.39, 0.29) is 63.1 Å². The van der Waals surface area contributed by atoms with E-state index in [1.807, 2.05) is 0 Å². The summed E-state index contributed by atoms with van der Waals surface area (Å²) in [6.45, 7) is -1.30. The number of halogens is 3. The van der Waals surface area contributed by atoms with Crippen LogP contribution in [0.1, 0.15) is 44.6 Å². The molecule has 1 aliphatic carbocycles. The molecule has 2 unspecified atom stereocenters. The van der Waals surface area contributed by atoms with E-state index >= 15 is 0 Å². The van der Waals surface area contributed by atoms with Crippen LogP contribution in [0.5, 0.6) is 5.75 Å². The first-order valence-electron chi connectivity index (χ1n) is 7.39. The van der Waals surface area contributed by atoms with Gasteiger partial charge in [0.1, 0.15) is 11.9 Å². The van der Waals surface area contributed by atoms with Crippen molar-refractivity contribution in [1.29, 1.82) is 0 Å². The second kappa shape index (κ2) is 8.39. The van der Waals surface area contributed by atoms with Crippen LogP contribution in [0.25, 0.3) is 0 Å². The molecular weight excluding hydrogens is 303 g/mol. The minimum atomic E-state index is -4.94. The van der Waals surface area contributed by atoms with E-state index in [1.165, 1.54) is 25.5 Å². The van der Waals surface area contributed by atoms with Crippen LogP contribution in [-0.2, 0) is 0 Å². The molecule has 1 saturated carbocycles. The van der Waals surface area contributed by atoms with Gasteiger partial charge in [0.2, 0.25) is 0 Å². The van der Waals surface area contributed by atoms with E-state index in [2.05, 4.69) is 6.92 Å². The second-order valence-electron chi connectivity index (χ2n) is 5.70. The van der Waals surface area contributed by atoms with Gasteiger partial charge in [-0.15, -0.1) is 5.46 Å². The van der Waals surface area contributed by atoms with Crippen molar-refractivity contribution in [3.8, 4) is 5.75 Å². The molecule has 1 aromatic carbocycles. The topological polar surface area (TPSA) is 9.23 Å². The van der Waals surface area contributed by atoms with Crippen molar-refractivity contribution in [2.24, 2.45) is 5.92 Å². The summed E-state index contributed by atoms with van der Waals surface area (Å²) in [5.41, 5.74) is -0.271. The Bertz CT molecular complexity index is 465. The quantitative estimate of drug-likeness (QED) is 0.761. The van der Waals surface area contributed by atoms with Crippen molar-refractivity contribution in [2.45, 2.75) is 52.1 Å². The molecule has 1 fully saturated rings. The van der Waals surface area contributed by atoms with Crippen molar-refractivity contribution >= 4 is 12.4 Å². The van der Waals surface area contributed by atoms with Crippen LogP contribution in [0.4, 0.5) is 12.9 Å². The normalized spacial score (nSPS) is 22.5. The Morgan fingerprint density at radius 2 is 1.86 bits per heavy atom. The van der Waals surface area contributed by atoms with Crippen LogP contribution in [0, 0.1) is 12.8 Å². The summed E-state index contributed by atoms with van der Waals surface area (Å²) >= 11 is 0. The number of benzene rings is 1. The molecule has 2 rings (SSSR count). The molecule has 0 radical (unpaired) electrons. The molecule has 1 aliphatic rings. The van der Waals surface area contributed by atoms with Gasteiger partial charge >= 0.3 is 58.4 Å². The third kappa shape index (κ3) is 5.27. The van der Waals surface area contributed by atoms with E-state index in [9.17, 15) is 12.9 Å². The van der Waals surface area contributed by atoms with Crippen LogP contribution in [0.15, 0.2) is 18.2 Å². The molecule has 0 amide bonds. The Kier molecular flexibility index (Phi) is 7.81. The molecule has 0 aromatic heterocycles. The molecule has 21 heavy (non-hydrogen) atoms. The van der Waals surface area contributed by atoms with Gasteiger partial charge in [0, 0.05) is 0 Å². The van der Waals surface area contributed by atoms with E-state index in [0.717, 1.165) is 31.7 Å². The zero-order chi connectivity index (χ0) is 14.8. The van der Waals surface area contributed by atoms with Gasteiger partial charge in [-0.2, -0.15) is 0 Å². The van der Waals surface area contributed by atoms with E-state index in [1.54, 1.807) is 0 Å². The van der Waals surface area contributed by atoms with E-state index < -0.39 is 12.4 Å². The fraction of sp³-hybridized carbons (Fsp3) is 0.600. The summed E-state index contributed by atoms with van der Waals surface area (Å²) in [7, 11) is 0. The molecule has 6 heteroatoms. The molecule has 0 heterocycles. The van der Waals surface area contributed by atoms with Crippen molar-refractivity contribution in [1.82, 2.24) is 0 Å². The second-order valence-corrected chi connectivity index (χ2v) is 5.70. The molecule has 0 spiro atoms. The summed E-state index contributed by atoms with van der Waals surface area (Å²) in [5.74, 6) is 1.09. The van der Waals surface area contributed by atoms with Crippen molar-refractivity contribution in [3.63, 3.8) is 0 Å².